The fourth-order valence-electron chi connectivity index (χ4n) is 3.97. The summed E-state index contributed by atoms with van der Waals surface area (Å²) in [6.45, 7) is 5.92. The summed E-state index contributed by atoms with van der Waals surface area (Å²) >= 11 is 0. The number of carbonyl (C=O) groups excluding carboxylic acids is 1. The molecule has 0 saturated carbocycles. The Kier molecular flexibility index (Phi) is 7.57. The van der Waals surface area contributed by atoms with Crippen molar-refractivity contribution in [2.75, 3.05) is 34.4 Å². The molecule has 6 heteroatoms. The van der Waals surface area contributed by atoms with Gasteiger partial charge in [-0.25, -0.2) is 0 Å². The summed E-state index contributed by atoms with van der Waals surface area (Å²) in [5.74, 6) is 2.32. The van der Waals surface area contributed by atoms with E-state index < -0.39 is 0 Å². The Hall–Kier alpha value is -2.73. The lowest BCUT2D eigenvalue weighted by atomic mass is 9.99. The molecule has 2 aromatic rings. The lowest BCUT2D eigenvalue weighted by molar-refractivity contribution is 0.0950. The van der Waals surface area contributed by atoms with E-state index in [1.807, 2.05) is 36.4 Å². The van der Waals surface area contributed by atoms with Gasteiger partial charge in [0.2, 0.25) is 5.75 Å². The van der Waals surface area contributed by atoms with E-state index in [2.05, 4.69) is 17.1 Å². The maximum atomic E-state index is 12.6. The van der Waals surface area contributed by atoms with E-state index >= 15 is 0 Å². The van der Waals surface area contributed by atoms with Crippen molar-refractivity contribution in [3.05, 3.63) is 53.1 Å². The number of carbonyl (C=O) groups is 1. The molecule has 1 fully saturated rings. The molecular weight excluding hydrogens is 380 g/mol. The van der Waals surface area contributed by atoms with Crippen LogP contribution in [0.2, 0.25) is 0 Å². The number of hydrogen-bond donors (Lipinski definition) is 1. The van der Waals surface area contributed by atoms with Gasteiger partial charge in [0.05, 0.1) is 21.3 Å². The van der Waals surface area contributed by atoms with Gasteiger partial charge in [-0.1, -0.05) is 19.1 Å². The maximum absolute atomic E-state index is 12.6. The molecule has 6 nitrogen and oxygen atoms in total. The van der Waals surface area contributed by atoms with E-state index in [0.29, 0.717) is 29.4 Å². The minimum Gasteiger partial charge on any atom is -0.493 e. The van der Waals surface area contributed by atoms with Gasteiger partial charge in [-0.05, 0) is 60.7 Å². The van der Waals surface area contributed by atoms with Gasteiger partial charge in [0.15, 0.2) is 11.5 Å². The number of nitrogens with zero attached hydrogens (tertiary/aromatic N) is 1. The summed E-state index contributed by atoms with van der Waals surface area (Å²) in [6.07, 6.45) is 2.59. The number of likely N-dealkylation sites (tertiary alicyclic amines) is 1. The van der Waals surface area contributed by atoms with Crippen molar-refractivity contribution in [1.82, 2.24) is 10.2 Å². The quantitative estimate of drug-likeness (QED) is 0.713. The molecule has 0 spiro atoms. The topological polar surface area (TPSA) is 60.0 Å². The smallest absolute Gasteiger partial charge is 0.251 e. The van der Waals surface area contributed by atoms with E-state index in [1.54, 1.807) is 21.3 Å². The van der Waals surface area contributed by atoms with Gasteiger partial charge < -0.3 is 19.5 Å². The fourth-order valence-corrected chi connectivity index (χ4v) is 3.97. The molecule has 1 heterocycles. The molecule has 1 atom stereocenters. The Morgan fingerprint density at radius 2 is 1.70 bits per heavy atom. The minimum atomic E-state index is -0.109. The highest BCUT2D eigenvalue weighted by atomic mass is 16.5. The van der Waals surface area contributed by atoms with Crippen molar-refractivity contribution < 1.29 is 19.0 Å². The number of benzene rings is 2. The van der Waals surface area contributed by atoms with Crippen LogP contribution in [0.3, 0.4) is 0 Å². The van der Waals surface area contributed by atoms with Crippen molar-refractivity contribution in [2.24, 2.45) is 5.92 Å². The van der Waals surface area contributed by atoms with Gasteiger partial charge in [0.25, 0.3) is 5.91 Å². The van der Waals surface area contributed by atoms with Gasteiger partial charge in [-0.2, -0.15) is 0 Å². The third kappa shape index (κ3) is 5.45. The highest BCUT2D eigenvalue weighted by molar-refractivity contribution is 5.94. The molecule has 0 radical (unpaired) electrons. The first-order valence-electron chi connectivity index (χ1n) is 10.4. The second-order valence-corrected chi connectivity index (χ2v) is 7.90. The minimum absolute atomic E-state index is 0.109. The molecule has 1 N–H and O–H groups in total. The Morgan fingerprint density at radius 1 is 1.03 bits per heavy atom. The SMILES string of the molecule is COc1cc(CNC(=O)c2ccc(CN3CCC[C@H](C)C3)cc2)cc(OC)c1OC. The highest BCUT2D eigenvalue weighted by Crippen LogP contribution is 2.38. The number of rotatable bonds is 8. The van der Waals surface area contributed by atoms with Crippen molar-refractivity contribution in [3.63, 3.8) is 0 Å². The van der Waals surface area contributed by atoms with E-state index in [9.17, 15) is 4.79 Å². The molecule has 1 aliphatic rings. The molecular formula is C24H32N2O4. The van der Waals surface area contributed by atoms with Crippen molar-refractivity contribution in [1.29, 1.82) is 0 Å². The summed E-state index contributed by atoms with van der Waals surface area (Å²) in [6, 6.07) is 11.6. The summed E-state index contributed by atoms with van der Waals surface area (Å²) in [4.78, 5) is 15.1. The van der Waals surface area contributed by atoms with Gasteiger partial charge in [0, 0.05) is 25.2 Å². The predicted octanol–water partition coefficient (Wildman–Crippen LogP) is 3.87. The average molecular weight is 413 g/mol. The van der Waals surface area contributed by atoms with Crippen LogP contribution in [0.5, 0.6) is 17.2 Å². The first kappa shape index (κ1) is 22.0. The normalized spacial score (nSPS) is 16.7. The van der Waals surface area contributed by atoms with E-state index in [0.717, 1.165) is 31.1 Å². The molecule has 0 aromatic heterocycles. The molecule has 1 amide bonds. The number of amides is 1. The molecule has 30 heavy (non-hydrogen) atoms. The molecule has 0 unspecified atom stereocenters. The third-order valence-corrected chi connectivity index (χ3v) is 5.54. The molecule has 1 aliphatic heterocycles. The van der Waals surface area contributed by atoms with E-state index in [1.165, 1.54) is 18.4 Å². The van der Waals surface area contributed by atoms with Crippen molar-refractivity contribution in [2.45, 2.75) is 32.9 Å². The van der Waals surface area contributed by atoms with Crippen LogP contribution >= 0.6 is 0 Å². The molecule has 162 valence electrons. The van der Waals surface area contributed by atoms with E-state index in [4.69, 9.17) is 14.2 Å². The van der Waals surface area contributed by atoms with Crippen LogP contribution in [0, 0.1) is 5.92 Å². The second kappa shape index (κ2) is 10.3. The number of nitrogens with one attached hydrogen (secondary N) is 1. The highest BCUT2D eigenvalue weighted by Gasteiger charge is 2.17. The van der Waals surface area contributed by atoms with Crippen LogP contribution in [0.4, 0.5) is 0 Å². The summed E-state index contributed by atoms with van der Waals surface area (Å²) in [7, 11) is 4.72. The zero-order chi connectivity index (χ0) is 21.5. The van der Waals surface area contributed by atoms with Crippen molar-refractivity contribution in [3.8, 4) is 17.2 Å². The van der Waals surface area contributed by atoms with Gasteiger partial charge in [0.1, 0.15) is 0 Å². The Labute approximate surface area is 179 Å². The second-order valence-electron chi connectivity index (χ2n) is 7.90. The van der Waals surface area contributed by atoms with Gasteiger partial charge in [-0.15, -0.1) is 0 Å². The number of methoxy groups -OCH3 is 3. The first-order chi connectivity index (χ1) is 14.5. The lowest BCUT2D eigenvalue weighted by Gasteiger charge is -2.30. The Morgan fingerprint density at radius 3 is 2.27 bits per heavy atom. The number of ether oxygens (including phenoxy) is 3. The molecule has 0 aliphatic carbocycles. The monoisotopic (exact) mass is 412 g/mol. The fraction of sp³-hybridized carbons (Fsp3) is 0.458. The van der Waals surface area contributed by atoms with Crippen molar-refractivity contribution >= 4 is 5.91 Å². The molecule has 0 bridgehead atoms. The summed E-state index contributed by atoms with van der Waals surface area (Å²) in [5.41, 5.74) is 2.76. The zero-order valence-electron chi connectivity index (χ0n) is 18.4. The number of piperidine rings is 1. The molecule has 2 aromatic carbocycles. The lowest BCUT2D eigenvalue weighted by Crippen LogP contribution is -2.33. The van der Waals surface area contributed by atoms with Gasteiger partial charge >= 0.3 is 0 Å². The number of hydrogen-bond acceptors (Lipinski definition) is 5. The third-order valence-electron chi connectivity index (χ3n) is 5.54. The van der Waals surface area contributed by atoms with E-state index in [-0.39, 0.29) is 5.91 Å². The van der Waals surface area contributed by atoms with Crippen LogP contribution in [-0.4, -0.2) is 45.2 Å². The van der Waals surface area contributed by atoms with Crippen LogP contribution in [-0.2, 0) is 13.1 Å². The Balaban J connectivity index is 1.60. The zero-order valence-corrected chi connectivity index (χ0v) is 18.4. The van der Waals surface area contributed by atoms with Gasteiger partial charge in [-0.3, -0.25) is 9.69 Å². The average Bonchev–Trinajstić information content (AvgIpc) is 2.77. The van der Waals surface area contributed by atoms with Crippen LogP contribution in [0.1, 0.15) is 41.3 Å². The summed E-state index contributed by atoms with van der Waals surface area (Å²) in [5, 5.41) is 2.96. The first-order valence-corrected chi connectivity index (χ1v) is 10.4. The van der Waals surface area contributed by atoms with Crippen LogP contribution in [0.25, 0.3) is 0 Å². The standard InChI is InChI=1S/C24H32N2O4/c1-17-6-5-11-26(15-17)16-18-7-9-20(10-8-18)24(27)25-14-19-12-21(28-2)23(30-4)22(13-19)29-3/h7-10,12-13,17H,5-6,11,14-16H2,1-4H3,(H,25,27)/t17-/m0/s1. The Bertz CT molecular complexity index is 826. The largest absolute Gasteiger partial charge is 0.493 e. The summed E-state index contributed by atoms with van der Waals surface area (Å²) < 4.78 is 16.1. The molecule has 3 rings (SSSR count). The maximum Gasteiger partial charge on any atom is 0.251 e. The molecule has 1 saturated heterocycles. The van der Waals surface area contributed by atoms with Crippen LogP contribution in [0.15, 0.2) is 36.4 Å². The van der Waals surface area contributed by atoms with Crippen LogP contribution < -0.4 is 19.5 Å². The predicted molar refractivity (Wildman–Crippen MR) is 117 cm³/mol.